The average Bonchev–Trinajstić information content (AvgIpc) is 2.32. The highest BCUT2D eigenvalue weighted by Gasteiger charge is 2.34. The van der Waals surface area contributed by atoms with E-state index >= 15 is 0 Å². The predicted octanol–water partition coefficient (Wildman–Crippen LogP) is 2.07. The lowest BCUT2D eigenvalue weighted by Crippen LogP contribution is -2.56. The van der Waals surface area contributed by atoms with Crippen LogP contribution in [0.4, 0.5) is 11.4 Å². The first-order valence-corrected chi connectivity index (χ1v) is 6.19. The third-order valence-electron chi connectivity index (χ3n) is 3.16. The van der Waals surface area contributed by atoms with Crippen molar-refractivity contribution >= 4 is 40.5 Å². The summed E-state index contributed by atoms with van der Waals surface area (Å²) in [5.41, 5.74) is 1.65. The number of hydrogen-bond donors (Lipinski definition) is 2. The van der Waals surface area contributed by atoms with Crippen molar-refractivity contribution < 1.29 is 4.79 Å². The first kappa shape index (κ1) is 11.1. The molecule has 1 atom stereocenters. The molecule has 1 aromatic carbocycles. The van der Waals surface area contributed by atoms with E-state index in [-0.39, 0.29) is 11.9 Å². The van der Waals surface area contributed by atoms with Gasteiger partial charge in [-0.1, -0.05) is 23.2 Å². The first-order chi connectivity index (χ1) is 8.16. The van der Waals surface area contributed by atoms with Crippen molar-refractivity contribution in [2.45, 2.75) is 12.5 Å². The second-order valence-corrected chi connectivity index (χ2v) is 5.02. The third kappa shape index (κ3) is 1.76. The van der Waals surface area contributed by atoms with Gasteiger partial charge in [0, 0.05) is 0 Å². The molecule has 0 spiro atoms. The lowest BCUT2D eigenvalue weighted by Gasteiger charge is -2.41. The van der Waals surface area contributed by atoms with E-state index in [0.717, 1.165) is 24.3 Å². The summed E-state index contributed by atoms with van der Waals surface area (Å²) in [7, 11) is 0. The number of nitrogens with one attached hydrogen (secondary N) is 2. The van der Waals surface area contributed by atoms with Crippen molar-refractivity contribution in [1.29, 1.82) is 0 Å². The number of carbonyl (C=O) groups is 1. The van der Waals surface area contributed by atoms with Crippen LogP contribution in [0.2, 0.25) is 10.0 Å². The molecule has 2 heterocycles. The zero-order chi connectivity index (χ0) is 12.0. The van der Waals surface area contributed by atoms with Crippen molar-refractivity contribution in [2.24, 2.45) is 0 Å². The lowest BCUT2D eigenvalue weighted by molar-refractivity contribution is -0.118. The molecule has 3 rings (SSSR count). The molecule has 1 aromatic rings. The summed E-state index contributed by atoms with van der Waals surface area (Å²) in [5.74, 6) is 0.0254. The largest absolute Gasteiger partial charge is 0.345 e. The van der Waals surface area contributed by atoms with Gasteiger partial charge in [0.1, 0.15) is 6.04 Å². The molecule has 2 N–H and O–H groups in total. The van der Waals surface area contributed by atoms with Gasteiger partial charge in [-0.25, -0.2) is 0 Å². The molecule has 0 aliphatic carbocycles. The van der Waals surface area contributed by atoms with Gasteiger partial charge in [0.25, 0.3) is 0 Å². The molecule has 2 aliphatic heterocycles. The summed E-state index contributed by atoms with van der Waals surface area (Å²) >= 11 is 12.0. The van der Waals surface area contributed by atoms with E-state index in [1.54, 1.807) is 12.1 Å². The first-order valence-electron chi connectivity index (χ1n) is 5.44. The van der Waals surface area contributed by atoms with E-state index in [9.17, 15) is 4.79 Å². The molecule has 1 amide bonds. The van der Waals surface area contributed by atoms with E-state index < -0.39 is 0 Å². The topological polar surface area (TPSA) is 44.4 Å². The van der Waals surface area contributed by atoms with Crippen molar-refractivity contribution in [3.05, 3.63) is 22.2 Å². The fourth-order valence-corrected chi connectivity index (χ4v) is 2.64. The molecule has 1 fully saturated rings. The van der Waals surface area contributed by atoms with Crippen molar-refractivity contribution in [3.8, 4) is 0 Å². The second kappa shape index (κ2) is 4.05. The quantitative estimate of drug-likeness (QED) is 0.760. The van der Waals surface area contributed by atoms with E-state index in [1.165, 1.54) is 0 Å². The van der Waals surface area contributed by atoms with Gasteiger partial charge in [-0.2, -0.15) is 0 Å². The standard InChI is InChI=1S/C11H11Cl2N3O/c12-6-3-8-10(4-7(6)13)16-5-14-2-1-9(16)11(17)15-8/h3-4,9,14H,1-2,5H2,(H,15,17)/t9-/m1/s1. The van der Waals surface area contributed by atoms with Crippen LogP contribution >= 0.6 is 23.2 Å². The number of hydrogen-bond acceptors (Lipinski definition) is 3. The molecule has 0 aromatic heterocycles. The third-order valence-corrected chi connectivity index (χ3v) is 3.88. The molecule has 0 saturated carbocycles. The van der Waals surface area contributed by atoms with Gasteiger partial charge in [-0.15, -0.1) is 0 Å². The smallest absolute Gasteiger partial charge is 0.247 e. The molecule has 90 valence electrons. The molecule has 0 bridgehead atoms. The molecule has 4 nitrogen and oxygen atoms in total. The average molecular weight is 272 g/mol. The Kier molecular flexibility index (Phi) is 2.65. The summed E-state index contributed by atoms with van der Waals surface area (Å²) < 4.78 is 0. The molecule has 0 radical (unpaired) electrons. The number of fused-ring (bicyclic) bond motifs is 3. The Morgan fingerprint density at radius 3 is 2.88 bits per heavy atom. The summed E-state index contributed by atoms with van der Waals surface area (Å²) in [6.45, 7) is 1.51. The van der Waals surface area contributed by atoms with Gasteiger partial charge in [0.2, 0.25) is 5.91 Å². The number of anilines is 2. The number of rotatable bonds is 0. The molecule has 17 heavy (non-hydrogen) atoms. The lowest BCUT2D eigenvalue weighted by atomic mass is 10.0. The minimum atomic E-state index is -0.110. The maximum absolute atomic E-state index is 11.9. The fraction of sp³-hybridized carbons (Fsp3) is 0.364. The maximum atomic E-state index is 11.9. The van der Waals surface area contributed by atoms with Crippen LogP contribution in [0, 0.1) is 0 Å². The zero-order valence-corrected chi connectivity index (χ0v) is 10.5. The van der Waals surface area contributed by atoms with Crippen LogP contribution in [-0.2, 0) is 4.79 Å². The van der Waals surface area contributed by atoms with Crippen LogP contribution < -0.4 is 15.5 Å². The van der Waals surface area contributed by atoms with Gasteiger partial charge in [-0.3, -0.25) is 10.1 Å². The highest BCUT2D eigenvalue weighted by atomic mass is 35.5. The molecule has 2 aliphatic rings. The second-order valence-electron chi connectivity index (χ2n) is 4.21. The Bertz CT molecular complexity index is 492. The normalized spacial score (nSPS) is 22.8. The highest BCUT2D eigenvalue weighted by Crippen LogP contribution is 2.39. The number of carbonyl (C=O) groups excluding carboxylic acids is 1. The highest BCUT2D eigenvalue weighted by molar-refractivity contribution is 6.42. The van der Waals surface area contributed by atoms with Crippen molar-refractivity contribution in [2.75, 3.05) is 23.4 Å². The number of nitrogens with zero attached hydrogens (tertiary/aromatic N) is 1. The molecular formula is C11H11Cl2N3O. The van der Waals surface area contributed by atoms with Crippen LogP contribution in [-0.4, -0.2) is 25.2 Å². The fourth-order valence-electron chi connectivity index (χ4n) is 2.32. The van der Waals surface area contributed by atoms with Crippen LogP contribution in [0.25, 0.3) is 0 Å². The van der Waals surface area contributed by atoms with Crippen LogP contribution in [0.3, 0.4) is 0 Å². The Labute approximate surface area is 109 Å². The molecule has 0 unspecified atom stereocenters. The van der Waals surface area contributed by atoms with E-state index in [0.29, 0.717) is 16.7 Å². The van der Waals surface area contributed by atoms with Crippen molar-refractivity contribution in [3.63, 3.8) is 0 Å². The number of amides is 1. The zero-order valence-electron chi connectivity index (χ0n) is 8.96. The van der Waals surface area contributed by atoms with Crippen LogP contribution in [0.5, 0.6) is 0 Å². The molecular weight excluding hydrogens is 261 g/mol. The summed E-state index contributed by atoms with van der Waals surface area (Å²) in [5, 5.41) is 7.08. The molecule has 1 saturated heterocycles. The van der Waals surface area contributed by atoms with Crippen LogP contribution in [0.1, 0.15) is 6.42 Å². The number of benzene rings is 1. The summed E-state index contributed by atoms with van der Waals surface area (Å²) in [6.07, 6.45) is 0.797. The van der Waals surface area contributed by atoms with Crippen molar-refractivity contribution in [1.82, 2.24) is 5.32 Å². The Balaban J connectivity index is 2.10. The minimum Gasteiger partial charge on any atom is -0.345 e. The van der Waals surface area contributed by atoms with Gasteiger partial charge < -0.3 is 10.2 Å². The maximum Gasteiger partial charge on any atom is 0.247 e. The monoisotopic (exact) mass is 271 g/mol. The van der Waals surface area contributed by atoms with E-state index in [1.807, 2.05) is 4.90 Å². The summed E-state index contributed by atoms with van der Waals surface area (Å²) in [6, 6.07) is 3.39. The van der Waals surface area contributed by atoms with Gasteiger partial charge in [-0.05, 0) is 25.1 Å². The van der Waals surface area contributed by atoms with Gasteiger partial charge in [0.05, 0.1) is 28.1 Å². The minimum absolute atomic E-state index is 0.0254. The Morgan fingerprint density at radius 2 is 2.06 bits per heavy atom. The van der Waals surface area contributed by atoms with E-state index in [4.69, 9.17) is 23.2 Å². The van der Waals surface area contributed by atoms with Gasteiger partial charge >= 0.3 is 0 Å². The Morgan fingerprint density at radius 1 is 1.29 bits per heavy atom. The SMILES string of the molecule is O=C1Nc2cc(Cl)c(Cl)cc2N2CNCC[C@H]12. The molecule has 6 heteroatoms. The van der Waals surface area contributed by atoms with Crippen LogP contribution in [0.15, 0.2) is 12.1 Å². The summed E-state index contributed by atoms with van der Waals surface area (Å²) in [4.78, 5) is 14.0. The number of halogens is 2. The van der Waals surface area contributed by atoms with Gasteiger partial charge in [0.15, 0.2) is 0 Å². The Hall–Kier alpha value is -0.970. The van der Waals surface area contributed by atoms with E-state index in [2.05, 4.69) is 10.6 Å². The predicted molar refractivity (Wildman–Crippen MR) is 68.8 cm³/mol.